The minimum atomic E-state index is -1.45. The van der Waals surface area contributed by atoms with Crippen LogP contribution in [0.25, 0.3) is 10.9 Å². The average molecular weight is 1070 g/mol. The number of hydrogen-bond acceptors (Lipinski definition) is 12. The van der Waals surface area contributed by atoms with Crippen molar-refractivity contribution in [1.29, 1.82) is 0 Å². The molecule has 9 amide bonds. The van der Waals surface area contributed by atoms with Crippen LogP contribution in [-0.4, -0.2) is 142 Å². The largest absolute Gasteiger partial charge is 0.370 e. The van der Waals surface area contributed by atoms with E-state index in [0.29, 0.717) is 16.8 Å². The Morgan fingerprint density at radius 1 is 0.701 bits per heavy atom. The number of H-pyrrole nitrogens is 2. The molecule has 4 aromatic rings. The summed E-state index contributed by atoms with van der Waals surface area (Å²) in [5, 5.41) is 22.3. The molecule has 0 bridgehead atoms. The molecule has 5 rings (SSSR count). The number of amides is 9. The summed E-state index contributed by atoms with van der Waals surface area (Å²) in [7, 11) is 0. The zero-order chi connectivity index (χ0) is 55.9. The number of imidazole rings is 1. The van der Waals surface area contributed by atoms with E-state index in [0.717, 1.165) is 10.9 Å². The molecule has 1 unspecified atom stereocenters. The van der Waals surface area contributed by atoms with Crippen LogP contribution >= 0.6 is 0 Å². The number of aromatic nitrogens is 3. The number of carbonyl (C=O) groups is 9. The second kappa shape index (κ2) is 29.7. The maximum atomic E-state index is 14.7. The molecule has 27 heteroatoms. The standard InChI is InChI=1S/C50H70N18O9/c1-28(69)62-35(15-8-19-58-49(52)53)43(72)65-37-18-21-57-41(70)17-7-14-34(42(51)71)63-47(76)39(23-30-25-60-33-13-6-5-12-32(30)33)67-44(73)36(16-9-20-59-50(54)55)64-46(75)38(22-29-10-3-2-4-11-29)66-48(77)40(68-45(37)74)24-31-26-56-27-61-31/h2-6,10-13,25-27,34-40,60H,7-9,14-24H2,1H3,(H2,51,71)(H,56,61)(H,57,70)(H,62,69)(H,63,76)(H,64,75)(H,65,72)(H,66,77)(H,67,73)(H,68,74)(H4,52,53,58)(H4,54,55,59)/t34?,35-,36-,37-,38+,39-,40-/m0/s1. The van der Waals surface area contributed by atoms with Gasteiger partial charge in [0, 0.05) is 81.2 Å². The van der Waals surface area contributed by atoms with Gasteiger partial charge >= 0.3 is 0 Å². The van der Waals surface area contributed by atoms with E-state index in [-0.39, 0.29) is 102 Å². The molecule has 0 aliphatic carbocycles. The summed E-state index contributed by atoms with van der Waals surface area (Å²) < 4.78 is 0. The molecule has 1 fully saturated rings. The van der Waals surface area contributed by atoms with E-state index >= 15 is 0 Å². The molecule has 0 radical (unpaired) electrons. The average Bonchev–Trinajstić information content (AvgIpc) is 4.07. The highest BCUT2D eigenvalue weighted by molar-refractivity contribution is 5.98. The Morgan fingerprint density at radius 3 is 1.97 bits per heavy atom. The molecule has 414 valence electrons. The third-order valence-electron chi connectivity index (χ3n) is 12.4. The fourth-order valence-corrected chi connectivity index (χ4v) is 8.50. The monoisotopic (exact) mass is 1070 g/mol. The number of aliphatic imine (C=N–C) groups is 2. The number of para-hydroxylation sites is 1. The van der Waals surface area contributed by atoms with E-state index < -0.39 is 95.5 Å². The van der Waals surface area contributed by atoms with Gasteiger partial charge in [0.2, 0.25) is 53.2 Å². The highest BCUT2D eigenvalue weighted by atomic mass is 16.2. The molecule has 2 aromatic carbocycles. The van der Waals surface area contributed by atoms with E-state index in [1.54, 1.807) is 42.6 Å². The van der Waals surface area contributed by atoms with Gasteiger partial charge in [-0.3, -0.25) is 53.1 Å². The van der Waals surface area contributed by atoms with Crippen molar-refractivity contribution in [2.45, 2.75) is 120 Å². The number of primary amides is 1. The smallest absolute Gasteiger partial charge is 0.243 e. The number of rotatable bonds is 18. The lowest BCUT2D eigenvalue weighted by molar-refractivity contribution is -0.135. The molecule has 1 aliphatic rings. The number of nitrogens with zero attached hydrogens (tertiary/aromatic N) is 3. The Bertz CT molecular complexity index is 2720. The van der Waals surface area contributed by atoms with Gasteiger partial charge < -0.3 is 81.2 Å². The van der Waals surface area contributed by atoms with Crippen molar-refractivity contribution >= 4 is 76.0 Å². The normalized spacial score (nSPS) is 20.8. The third-order valence-corrected chi connectivity index (χ3v) is 12.4. The number of guanidine groups is 2. The molecular weight excluding hydrogens is 997 g/mol. The summed E-state index contributed by atoms with van der Waals surface area (Å²) in [5.74, 6) is -7.31. The van der Waals surface area contributed by atoms with Crippen molar-refractivity contribution in [3.05, 3.63) is 90.1 Å². The van der Waals surface area contributed by atoms with Crippen LogP contribution in [0.5, 0.6) is 0 Å². The van der Waals surface area contributed by atoms with Crippen LogP contribution in [0.15, 0.2) is 83.3 Å². The number of nitrogens with two attached hydrogens (primary N) is 5. The van der Waals surface area contributed by atoms with Crippen molar-refractivity contribution in [3.63, 3.8) is 0 Å². The van der Waals surface area contributed by atoms with Gasteiger partial charge in [0.15, 0.2) is 11.9 Å². The summed E-state index contributed by atoms with van der Waals surface area (Å²) >= 11 is 0. The fourth-order valence-electron chi connectivity index (χ4n) is 8.50. The lowest BCUT2D eigenvalue weighted by atomic mass is 10.0. The number of aromatic amines is 2. The van der Waals surface area contributed by atoms with E-state index in [1.807, 2.05) is 18.2 Å². The van der Waals surface area contributed by atoms with Crippen LogP contribution in [0.2, 0.25) is 0 Å². The summed E-state index contributed by atoms with van der Waals surface area (Å²) in [6.45, 7) is 1.19. The number of nitrogens with one attached hydrogen (secondary N) is 10. The lowest BCUT2D eigenvalue weighted by Crippen LogP contribution is -2.61. The predicted molar refractivity (Wildman–Crippen MR) is 284 cm³/mol. The van der Waals surface area contributed by atoms with Crippen molar-refractivity contribution < 1.29 is 43.2 Å². The summed E-state index contributed by atoms with van der Waals surface area (Å²) in [4.78, 5) is 143. The molecule has 1 aliphatic heterocycles. The van der Waals surface area contributed by atoms with Crippen molar-refractivity contribution in [2.75, 3.05) is 19.6 Å². The maximum absolute atomic E-state index is 14.7. The zero-order valence-electron chi connectivity index (χ0n) is 42.8. The molecule has 20 N–H and O–H groups in total. The SMILES string of the molecule is CC(=O)N[C@@H](CCCN=C(N)N)C(=O)N[C@H]1CCNC(=O)CCCC(C(N)=O)NC(=O)[C@H](Cc2c[nH]c3ccccc23)NC(=O)[C@H](CCCN=C(N)N)NC(=O)[C@@H](Cc2ccccc2)NC(=O)[C@H](Cc2cnc[nH]2)NC1=O. The second-order valence-corrected chi connectivity index (χ2v) is 18.5. The molecule has 0 saturated carbocycles. The van der Waals surface area contributed by atoms with Gasteiger partial charge in [0.05, 0.1) is 6.33 Å². The van der Waals surface area contributed by atoms with Crippen molar-refractivity contribution in [3.8, 4) is 0 Å². The first-order valence-corrected chi connectivity index (χ1v) is 25.2. The molecule has 7 atom stereocenters. The minimum Gasteiger partial charge on any atom is -0.370 e. The Labute approximate surface area is 443 Å². The van der Waals surface area contributed by atoms with Crippen LogP contribution in [0.3, 0.4) is 0 Å². The Kier molecular flexibility index (Phi) is 22.7. The van der Waals surface area contributed by atoms with Crippen molar-refractivity contribution in [1.82, 2.24) is 57.5 Å². The lowest BCUT2D eigenvalue weighted by Gasteiger charge is -2.28. The van der Waals surface area contributed by atoms with E-state index in [9.17, 15) is 43.2 Å². The minimum absolute atomic E-state index is 0.0382. The molecular formula is C50H70N18O9. The quantitative estimate of drug-likeness (QED) is 0.0263. The van der Waals surface area contributed by atoms with Crippen LogP contribution in [0.4, 0.5) is 0 Å². The van der Waals surface area contributed by atoms with Gasteiger partial charge in [-0.05, 0) is 62.1 Å². The Hall–Kier alpha value is -9.04. The summed E-state index contributed by atoms with van der Waals surface area (Å²) in [6, 6.07) is 6.45. The highest BCUT2D eigenvalue weighted by Crippen LogP contribution is 2.20. The fraction of sp³-hybridized carbons (Fsp3) is 0.440. The van der Waals surface area contributed by atoms with Gasteiger partial charge in [0.1, 0.15) is 42.3 Å². The zero-order valence-corrected chi connectivity index (χ0v) is 42.8. The number of fused-ring (bicyclic) bond motifs is 1. The van der Waals surface area contributed by atoms with Gasteiger partial charge in [-0.25, -0.2) is 4.98 Å². The van der Waals surface area contributed by atoms with Crippen LogP contribution in [0.1, 0.15) is 75.1 Å². The van der Waals surface area contributed by atoms with Gasteiger partial charge in [-0.15, -0.1) is 0 Å². The number of hydrogen-bond donors (Lipinski definition) is 15. The van der Waals surface area contributed by atoms with E-state index in [4.69, 9.17) is 28.7 Å². The molecule has 2 aromatic heterocycles. The third kappa shape index (κ3) is 19.6. The maximum Gasteiger partial charge on any atom is 0.243 e. The molecule has 77 heavy (non-hydrogen) atoms. The van der Waals surface area contributed by atoms with Crippen LogP contribution in [0, 0.1) is 0 Å². The van der Waals surface area contributed by atoms with Gasteiger partial charge in [0.25, 0.3) is 0 Å². The second-order valence-electron chi connectivity index (χ2n) is 18.5. The van der Waals surface area contributed by atoms with Crippen molar-refractivity contribution in [2.24, 2.45) is 38.7 Å². The predicted octanol–water partition coefficient (Wildman–Crippen LogP) is -3.38. The van der Waals surface area contributed by atoms with Crippen LogP contribution in [-0.2, 0) is 62.4 Å². The van der Waals surface area contributed by atoms with Gasteiger partial charge in [-0.2, -0.15) is 0 Å². The molecule has 27 nitrogen and oxygen atoms in total. The molecule has 3 heterocycles. The highest BCUT2D eigenvalue weighted by Gasteiger charge is 2.35. The summed E-state index contributed by atoms with van der Waals surface area (Å²) in [6.07, 6.45) is 4.01. The number of carbonyl (C=O) groups excluding carboxylic acids is 9. The van der Waals surface area contributed by atoms with E-state index in [1.165, 1.54) is 19.4 Å². The molecule has 1 saturated heterocycles. The summed E-state index contributed by atoms with van der Waals surface area (Å²) in [5.41, 5.74) is 30.2. The Morgan fingerprint density at radius 2 is 1.31 bits per heavy atom. The number of benzene rings is 2. The Balaban J connectivity index is 1.54. The first-order chi connectivity index (χ1) is 36.9. The molecule has 0 spiro atoms. The topological polar surface area (TPSA) is 449 Å². The first-order valence-electron chi connectivity index (χ1n) is 25.2. The van der Waals surface area contributed by atoms with E-state index in [2.05, 4.69) is 67.5 Å². The van der Waals surface area contributed by atoms with Crippen LogP contribution < -0.4 is 71.2 Å². The van der Waals surface area contributed by atoms with Gasteiger partial charge in [-0.1, -0.05) is 48.5 Å². The first kappa shape index (κ1) is 58.8.